The zero-order chi connectivity index (χ0) is 27.3. The lowest BCUT2D eigenvalue weighted by molar-refractivity contribution is -0.190. The highest BCUT2D eigenvalue weighted by atomic mass is 16.5. The van der Waals surface area contributed by atoms with Crippen molar-refractivity contribution in [3.63, 3.8) is 0 Å². The Bertz CT molecular complexity index is 1160. The Morgan fingerprint density at radius 1 is 0.973 bits per heavy atom. The van der Waals surface area contributed by atoms with Gasteiger partial charge in [0.2, 0.25) is 0 Å². The summed E-state index contributed by atoms with van der Waals surface area (Å²) in [6.07, 6.45) is 9.37. The van der Waals surface area contributed by atoms with Crippen LogP contribution in [0.15, 0.2) is 23.3 Å². The molecule has 0 saturated heterocycles. The van der Waals surface area contributed by atoms with Gasteiger partial charge in [0.15, 0.2) is 11.6 Å². The van der Waals surface area contributed by atoms with Crippen molar-refractivity contribution in [1.29, 1.82) is 0 Å². The number of methoxy groups -OCH3 is 1. The van der Waals surface area contributed by atoms with E-state index < -0.39 is 16.7 Å². The molecular formula is C31H43NO5. The van der Waals surface area contributed by atoms with E-state index in [0.717, 1.165) is 50.5 Å². The van der Waals surface area contributed by atoms with Crippen LogP contribution in [0, 0.1) is 50.7 Å². The Hall–Kier alpha value is -2.24. The van der Waals surface area contributed by atoms with Gasteiger partial charge in [-0.1, -0.05) is 53.2 Å². The molecule has 3 saturated carbocycles. The predicted molar refractivity (Wildman–Crippen MR) is 140 cm³/mol. The number of rotatable bonds is 2. The van der Waals surface area contributed by atoms with E-state index in [4.69, 9.17) is 10.5 Å². The fourth-order valence-corrected chi connectivity index (χ4v) is 9.92. The number of carbonyl (C=O) groups excluding carboxylic acids is 4. The molecule has 1 amide bonds. The van der Waals surface area contributed by atoms with Gasteiger partial charge in [-0.15, -0.1) is 0 Å². The molecule has 0 radical (unpaired) electrons. The molecule has 2 N–H and O–H groups in total. The van der Waals surface area contributed by atoms with Gasteiger partial charge in [0.05, 0.1) is 18.1 Å². The molecule has 5 rings (SSSR count). The number of ether oxygens (including phenoxy) is 1. The quantitative estimate of drug-likeness (QED) is 0.419. The standard InChI is InChI=1S/C31H43NO5/c1-17-19-8-9-29(5)22(28(19,4)15-18(24(17)34)25(32)35)14-21(33)23-20-16-27(2,3)10-12-31(20,26(36)37-7)13-11-30(23,29)6/h14-15,17,19-20,23H,8-13,16H2,1-7H3,(H2,32,35)/t17-,19?,20?,23?,28-,29+,30+,31-/m0/s1. The van der Waals surface area contributed by atoms with E-state index in [9.17, 15) is 19.2 Å². The van der Waals surface area contributed by atoms with Crippen molar-refractivity contribution >= 4 is 23.4 Å². The zero-order valence-electron chi connectivity index (χ0n) is 23.5. The Balaban J connectivity index is 1.69. The molecule has 5 aliphatic rings. The highest BCUT2D eigenvalue weighted by Gasteiger charge is 2.70. The SMILES string of the molecule is COC(=O)[C@]12CCC(C)(C)CC1C1C(=O)C=C3[C@@]4(C)C=C(C(N)=O)C(=O)[C@@H](C)C4CC[C@@]3(C)[C@]1(C)CC2. The zero-order valence-corrected chi connectivity index (χ0v) is 23.5. The maximum Gasteiger partial charge on any atom is 0.312 e. The molecule has 37 heavy (non-hydrogen) atoms. The van der Waals surface area contributed by atoms with Crippen LogP contribution in [0.4, 0.5) is 0 Å². The topological polar surface area (TPSA) is 104 Å². The van der Waals surface area contributed by atoms with Gasteiger partial charge in [-0.05, 0) is 79.1 Å². The maximum absolute atomic E-state index is 14.3. The van der Waals surface area contributed by atoms with Crippen LogP contribution < -0.4 is 5.73 Å². The lowest BCUT2D eigenvalue weighted by Gasteiger charge is -2.68. The Morgan fingerprint density at radius 3 is 2.24 bits per heavy atom. The smallest absolute Gasteiger partial charge is 0.312 e. The minimum Gasteiger partial charge on any atom is -0.469 e. The van der Waals surface area contributed by atoms with Crippen LogP contribution in [-0.2, 0) is 23.9 Å². The van der Waals surface area contributed by atoms with Crippen LogP contribution in [-0.4, -0.2) is 30.6 Å². The molecule has 0 aromatic heterocycles. The van der Waals surface area contributed by atoms with E-state index in [2.05, 4.69) is 34.6 Å². The molecule has 0 bridgehead atoms. The van der Waals surface area contributed by atoms with Gasteiger partial charge >= 0.3 is 5.97 Å². The average molecular weight is 510 g/mol. The van der Waals surface area contributed by atoms with Crippen molar-refractivity contribution in [3.05, 3.63) is 23.3 Å². The molecular weight excluding hydrogens is 466 g/mol. The first-order valence-corrected chi connectivity index (χ1v) is 14.0. The summed E-state index contributed by atoms with van der Waals surface area (Å²) in [6, 6.07) is 0. The number of allylic oxidation sites excluding steroid dienone is 3. The van der Waals surface area contributed by atoms with Gasteiger partial charge in [0, 0.05) is 17.3 Å². The number of hydrogen-bond acceptors (Lipinski definition) is 5. The first-order chi connectivity index (χ1) is 17.1. The van der Waals surface area contributed by atoms with Crippen LogP contribution in [0.25, 0.3) is 0 Å². The lowest BCUT2D eigenvalue weighted by atomic mass is 9.35. The van der Waals surface area contributed by atoms with Crippen LogP contribution >= 0.6 is 0 Å². The van der Waals surface area contributed by atoms with E-state index in [-0.39, 0.29) is 63.0 Å². The summed E-state index contributed by atoms with van der Waals surface area (Å²) in [5.41, 5.74) is 4.95. The highest BCUT2D eigenvalue weighted by molar-refractivity contribution is 6.20. The second-order valence-electron chi connectivity index (χ2n) is 14.3. The lowest BCUT2D eigenvalue weighted by Crippen LogP contribution is -2.65. The Labute approximate surface area is 220 Å². The number of primary amides is 1. The van der Waals surface area contributed by atoms with Crippen molar-refractivity contribution in [3.8, 4) is 0 Å². The first-order valence-electron chi connectivity index (χ1n) is 14.0. The van der Waals surface area contributed by atoms with E-state index in [1.54, 1.807) is 6.08 Å². The number of hydrogen-bond donors (Lipinski definition) is 1. The molecule has 0 spiro atoms. The number of fused-ring (bicyclic) bond motifs is 7. The van der Waals surface area contributed by atoms with Gasteiger partial charge in [-0.3, -0.25) is 19.2 Å². The molecule has 202 valence electrons. The third kappa shape index (κ3) is 3.22. The minimum absolute atomic E-state index is 0.0155. The van der Waals surface area contributed by atoms with Gasteiger partial charge in [0.1, 0.15) is 0 Å². The molecule has 5 aliphatic carbocycles. The normalized spacial score (nSPS) is 46.4. The predicted octanol–water partition coefficient (Wildman–Crippen LogP) is 4.95. The van der Waals surface area contributed by atoms with E-state index in [0.29, 0.717) is 0 Å². The van der Waals surface area contributed by atoms with Crippen molar-refractivity contribution in [2.45, 2.75) is 86.5 Å². The number of nitrogens with two attached hydrogens (primary N) is 1. The van der Waals surface area contributed by atoms with Gasteiger partial charge in [0.25, 0.3) is 5.91 Å². The second-order valence-corrected chi connectivity index (χ2v) is 14.3. The van der Waals surface area contributed by atoms with Crippen molar-refractivity contribution in [2.75, 3.05) is 7.11 Å². The molecule has 6 nitrogen and oxygen atoms in total. The summed E-state index contributed by atoms with van der Waals surface area (Å²) in [6.45, 7) is 13.0. The van der Waals surface area contributed by atoms with Gasteiger partial charge in [-0.2, -0.15) is 0 Å². The fraction of sp³-hybridized carbons (Fsp3) is 0.742. The molecule has 0 aliphatic heterocycles. The summed E-state index contributed by atoms with van der Waals surface area (Å²) in [5, 5.41) is 0. The molecule has 6 heteroatoms. The van der Waals surface area contributed by atoms with Gasteiger partial charge < -0.3 is 10.5 Å². The van der Waals surface area contributed by atoms with Crippen molar-refractivity contribution < 1.29 is 23.9 Å². The summed E-state index contributed by atoms with van der Waals surface area (Å²) in [7, 11) is 1.47. The van der Waals surface area contributed by atoms with Crippen molar-refractivity contribution in [1.82, 2.24) is 0 Å². The second kappa shape index (κ2) is 7.89. The Morgan fingerprint density at radius 2 is 1.62 bits per heavy atom. The average Bonchev–Trinajstić information content (AvgIpc) is 2.82. The molecule has 0 heterocycles. The molecule has 8 atom stereocenters. The number of ketones is 2. The fourth-order valence-electron chi connectivity index (χ4n) is 9.92. The monoisotopic (exact) mass is 509 g/mol. The largest absolute Gasteiger partial charge is 0.469 e. The van der Waals surface area contributed by atoms with Crippen molar-refractivity contribution in [2.24, 2.45) is 56.5 Å². The van der Waals surface area contributed by atoms with Crippen LogP contribution in [0.2, 0.25) is 0 Å². The molecule has 3 unspecified atom stereocenters. The number of esters is 1. The number of carbonyl (C=O) groups is 4. The third-order valence-corrected chi connectivity index (χ3v) is 12.2. The van der Waals surface area contributed by atoms with Crippen LogP contribution in [0.1, 0.15) is 86.5 Å². The van der Waals surface area contributed by atoms with E-state index in [1.165, 1.54) is 7.11 Å². The summed E-state index contributed by atoms with van der Waals surface area (Å²) in [4.78, 5) is 53.0. The summed E-state index contributed by atoms with van der Waals surface area (Å²) >= 11 is 0. The Kier molecular flexibility index (Phi) is 5.62. The molecule has 0 aromatic carbocycles. The van der Waals surface area contributed by atoms with E-state index in [1.807, 2.05) is 13.0 Å². The van der Waals surface area contributed by atoms with Gasteiger partial charge in [-0.25, -0.2) is 0 Å². The minimum atomic E-state index is -0.694. The molecule has 3 fully saturated rings. The molecule has 0 aromatic rings. The number of Topliss-reactive ketones (excluding diaryl/α,β-unsaturated/α-hetero) is 1. The highest BCUT2D eigenvalue weighted by Crippen LogP contribution is 2.73. The summed E-state index contributed by atoms with van der Waals surface area (Å²) < 4.78 is 5.39. The van der Waals surface area contributed by atoms with Crippen LogP contribution in [0.3, 0.4) is 0 Å². The maximum atomic E-state index is 14.3. The van der Waals surface area contributed by atoms with Crippen LogP contribution in [0.5, 0.6) is 0 Å². The van der Waals surface area contributed by atoms with E-state index >= 15 is 0 Å². The first kappa shape index (κ1) is 26.4. The third-order valence-electron chi connectivity index (χ3n) is 12.2. The number of amides is 1. The summed E-state index contributed by atoms with van der Waals surface area (Å²) in [5.74, 6) is -1.60.